The van der Waals surface area contributed by atoms with Crippen molar-refractivity contribution in [2.75, 3.05) is 0 Å². The zero-order valence-corrected chi connectivity index (χ0v) is 4.42. The summed E-state index contributed by atoms with van der Waals surface area (Å²) in [5.74, 6) is -0.428. The Hall–Kier alpha value is -1.12. The second-order valence-corrected chi connectivity index (χ2v) is 1.26. The molecule has 0 spiro atoms. The highest BCUT2D eigenvalue weighted by Crippen LogP contribution is 1.86. The molecule has 3 nitrogen and oxygen atoms in total. The number of Topliss-reactive ketones (excluding diaryl/α,β-unsaturated/α-hetero) is 1. The van der Waals surface area contributed by atoms with Gasteiger partial charge >= 0.3 is 0 Å². The molecule has 0 radical (unpaired) electrons. The lowest BCUT2D eigenvalue weighted by Crippen LogP contribution is -1.96. The first-order valence-corrected chi connectivity index (χ1v) is 2.03. The van der Waals surface area contributed by atoms with Crippen LogP contribution >= 0.6 is 0 Å². The molecular formula is C5H6O3. The Balaban J connectivity index is 4.13. The van der Waals surface area contributed by atoms with Crippen molar-refractivity contribution >= 4 is 12.1 Å². The van der Waals surface area contributed by atoms with Crippen LogP contribution in [0.25, 0.3) is 0 Å². The maximum Gasteiger partial charge on any atom is 0.166 e. The van der Waals surface area contributed by atoms with Crippen LogP contribution in [0.3, 0.4) is 0 Å². The molecular weight excluding hydrogens is 108 g/mol. The van der Waals surface area contributed by atoms with Crippen molar-refractivity contribution in [3.05, 3.63) is 11.8 Å². The van der Waals surface area contributed by atoms with E-state index in [-0.39, 0.29) is 5.57 Å². The van der Waals surface area contributed by atoms with Crippen molar-refractivity contribution in [2.24, 2.45) is 0 Å². The van der Waals surface area contributed by atoms with Gasteiger partial charge < -0.3 is 5.11 Å². The number of allylic oxidation sites excluding steroid dienone is 1. The van der Waals surface area contributed by atoms with Gasteiger partial charge in [0.1, 0.15) is 0 Å². The maximum absolute atomic E-state index is 10.1. The second kappa shape index (κ2) is 2.96. The summed E-state index contributed by atoms with van der Waals surface area (Å²) >= 11 is 0. The van der Waals surface area contributed by atoms with Gasteiger partial charge in [0, 0.05) is 0 Å². The monoisotopic (exact) mass is 114 g/mol. The Kier molecular flexibility index (Phi) is 2.54. The topological polar surface area (TPSA) is 54.4 Å². The van der Waals surface area contributed by atoms with E-state index in [1.807, 2.05) is 0 Å². The van der Waals surface area contributed by atoms with E-state index in [2.05, 4.69) is 0 Å². The van der Waals surface area contributed by atoms with Crippen LogP contribution in [0.15, 0.2) is 11.8 Å². The van der Waals surface area contributed by atoms with Crippen LogP contribution in [0.2, 0.25) is 0 Å². The van der Waals surface area contributed by atoms with Gasteiger partial charge in [0.2, 0.25) is 0 Å². The number of aliphatic hydroxyl groups excluding tert-OH is 1. The fourth-order valence-electron chi connectivity index (χ4n) is 0.204. The fraction of sp³-hybridized carbons (Fsp3) is 0.200. The molecule has 0 aromatic heterocycles. The summed E-state index contributed by atoms with van der Waals surface area (Å²) in [6, 6.07) is 0. The Bertz CT molecular complexity index is 135. The predicted octanol–water partition coefficient (Wildman–Crippen LogP) is 0.216. The number of hydrogen-bond acceptors (Lipinski definition) is 3. The van der Waals surface area contributed by atoms with Crippen molar-refractivity contribution in [1.82, 2.24) is 0 Å². The Morgan fingerprint density at radius 3 is 2.12 bits per heavy atom. The van der Waals surface area contributed by atoms with Gasteiger partial charge in [-0.05, 0) is 6.92 Å². The van der Waals surface area contributed by atoms with Gasteiger partial charge in [-0.2, -0.15) is 0 Å². The van der Waals surface area contributed by atoms with Crippen molar-refractivity contribution in [3.63, 3.8) is 0 Å². The molecule has 0 amide bonds. The summed E-state index contributed by atoms with van der Waals surface area (Å²) in [4.78, 5) is 19.9. The minimum absolute atomic E-state index is 0.204. The molecule has 3 heteroatoms. The van der Waals surface area contributed by atoms with Crippen LogP contribution in [0.5, 0.6) is 0 Å². The lowest BCUT2D eigenvalue weighted by molar-refractivity contribution is -0.116. The van der Waals surface area contributed by atoms with E-state index in [0.717, 1.165) is 0 Å². The van der Waals surface area contributed by atoms with Crippen LogP contribution < -0.4 is 0 Å². The molecule has 0 unspecified atom stereocenters. The average Bonchev–Trinajstić information content (AvgIpc) is 1.69. The molecule has 0 aromatic carbocycles. The molecule has 0 aromatic rings. The first-order chi connectivity index (χ1) is 3.72. The highest BCUT2D eigenvalue weighted by atomic mass is 16.2. The summed E-state index contributed by atoms with van der Waals surface area (Å²) < 4.78 is 0. The van der Waals surface area contributed by atoms with Crippen molar-refractivity contribution < 1.29 is 14.7 Å². The minimum Gasteiger partial charge on any atom is -0.515 e. The van der Waals surface area contributed by atoms with Gasteiger partial charge in [0.05, 0.1) is 11.8 Å². The summed E-state index contributed by atoms with van der Waals surface area (Å²) in [6.07, 6.45) is 0.803. The third kappa shape index (κ3) is 1.55. The van der Waals surface area contributed by atoms with Crippen LogP contribution in [0.4, 0.5) is 0 Å². The molecule has 0 heterocycles. The number of carbonyl (C=O) groups excluding carboxylic acids is 2. The fourth-order valence-corrected chi connectivity index (χ4v) is 0.204. The summed E-state index contributed by atoms with van der Waals surface area (Å²) in [7, 11) is 0. The summed E-state index contributed by atoms with van der Waals surface area (Å²) in [5, 5.41) is 8.08. The van der Waals surface area contributed by atoms with Gasteiger partial charge in [-0.15, -0.1) is 0 Å². The van der Waals surface area contributed by atoms with Crippen LogP contribution in [0.1, 0.15) is 6.92 Å². The smallest absolute Gasteiger partial charge is 0.166 e. The van der Waals surface area contributed by atoms with E-state index in [9.17, 15) is 9.59 Å². The van der Waals surface area contributed by atoms with Gasteiger partial charge in [0.25, 0.3) is 0 Å². The number of aldehydes is 1. The number of rotatable bonds is 2. The molecule has 1 N–H and O–H groups in total. The Labute approximate surface area is 46.6 Å². The number of ketones is 1. The molecule has 0 aliphatic carbocycles. The van der Waals surface area contributed by atoms with Crippen LogP contribution in [-0.4, -0.2) is 17.2 Å². The summed E-state index contributed by atoms with van der Waals surface area (Å²) in [5.41, 5.74) is -0.204. The third-order valence-electron chi connectivity index (χ3n) is 0.673. The van der Waals surface area contributed by atoms with E-state index in [4.69, 9.17) is 5.11 Å². The highest BCUT2D eigenvalue weighted by molar-refractivity contribution is 6.10. The predicted molar refractivity (Wildman–Crippen MR) is 27.5 cm³/mol. The maximum atomic E-state index is 10.1. The van der Waals surface area contributed by atoms with E-state index in [1.165, 1.54) is 6.92 Å². The first kappa shape index (κ1) is 6.88. The van der Waals surface area contributed by atoms with Gasteiger partial charge in [-0.3, -0.25) is 9.59 Å². The molecule has 44 valence electrons. The molecule has 0 bridgehead atoms. The normalized spacial score (nSPS) is 10.9. The molecule has 0 rings (SSSR count). The van der Waals surface area contributed by atoms with E-state index < -0.39 is 5.78 Å². The number of hydrogen-bond donors (Lipinski definition) is 1. The first-order valence-electron chi connectivity index (χ1n) is 2.03. The average molecular weight is 114 g/mol. The number of aliphatic hydroxyl groups is 1. The van der Waals surface area contributed by atoms with Crippen molar-refractivity contribution in [1.29, 1.82) is 0 Å². The zero-order chi connectivity index (χ0) is 6.57. The van der Waals surface area contributed by atoms with E-state index in [0.29, 0.717) is 12.5 Å². The second-order valence-electron chi connectivity index (χ2n) is 1.26. The molecule has 0 saturated heterocycles. The van der Waals surface area contributed by atoms with Crippen molar-refractivity contribution in [2.45, 2.75) is 6.92 Å². The Morgan fingerprint density at radius 1 is 1.62 bits per heavy atom. The highest BCUT2D eigenvalue weighted by Gasteiger charge is 1.98. The SMILES string of the molecule is CC(=O)/C(C=O)=C\O. The molecule has 0 aliphatic heterocycles. The van der Waals surface area contributed by atoms with Crippen molar-refractivity contribution in [3.8, 4) is 0 Å². The molecule has 8 heavy (non-hydrogen) atoms. The van der Waals surface area contributed by atoms with Crippen LogP contribution in [0, 0.1) is 0 Å². The molecule has 0 atom stereocenters. The third-order valence-corrected chi connectivity index (χ3v) is 0.673. The Morgan fingerprint density at radius 2 is 2.12 bits per heavy atom. The summed E-state index contributed by atoms with van der Waals surface area (Å²) in [6.45, 7) is 1.20. The largest absolute Gasteiger partial charge is 0.515 e. The van der Waals surface area contributed by atoms with Crippen LogP contribution in [-0.2, 0) is 9.59 Å². The zero-order valence-electron chi connectivity index (χ0n) is 4.42. The molecule has 0 saturated carbocycles. The molecule has 0 fully saturated rings. The van der Waals surface area contributed by atoms with Gasteiger partial charge in [0.15, 0.2) is 12.1 Å². The van der Waals surface area contributed by atoms with Gasteiger partial charge in [-0.1, -0.05) is 0 Å². The van der Waals surface area contributed by atoms with E-state index >= 15 is 0 Å². The lowest BCUT2D eigenvalue weighted by Gasteiger charge is -1.83. The quantitative estimate of drug-likeness (QED) is 0.183. The van der Waals surface area contributed by atoms with E-state index in [1.54, 1.807) is 0 Å². The lowest BCUT2D eigenvalue weighted by atomic mass is 10.2. The number of carbonyl (C=O) groups is 2. The molecule has 0 aliphatic rings. The van der Waals surface area contributed by atoms with Gasteiger partial charge in [-0.25, -0.2) is 0 Å². The minimum atomic E-state index is -0.428. The standard InChI is InChI=1S/C5H6O3/c1-4(8)5(2-6)3-7/h2-3,6H,1H3/b5-2-.